The number of likely N-dealkylation sites (tertiary alicyclic amines) is 1. The molecule has 1 amide bonds. The summed E-state index contributed by atoms with van der Waals surface area (Å²) in [5, 5.41) is 10.7. The van der Waals surface area contributed by atoms with Gasteiger partial charge in [0.15, 0.2) is 9.84 Å². The molecule has 1 atom stereocenters. The number of aromatic nitrogens is 4. The van der Waals surface area contributed by atoms with Gasteiger partial charge in [0.25, 0.3) is 5.91 Å². The fourth-order valence-corrected chi connectivity index (χ4v) is 3.82. The Morgan fingerprint density at radius 1 is 1.35 bits per heavy atom. The average Bonchev–Trinajstić information content (AvgIpc) is 3.14. The van der Waals surface area contributed by atoms with Gasteiger partial charge in [-0.2, -0.15) is 10.2 Å². The molecule has 1 N–H and O–H groups in total. The van der Waals surface area contributed by atoms with Crippen molar-refractivity contribution in [2.45, 2.75) is 30.2 Å². The summed E-state index contributed by atoms with van der Waals surface area (Å²) in [6.07, 6.45) is 8.19. The Morgan fingerprint density at radius 2 is 2.13 bits per heavy atom. The molecule has 0 aliphatic carbocycles. The molecular formula is C14H19N5O3S. The van der Waals surface area contributed by atoms with Crippen LogP contribution in [0.2, 0.25) is 0 Å². The minimum atomic E-state index is -3.40. The number of nitrogens with zero attached hydrogens (tertiary/aromatic N) is 4. The average molecular weight is 337 g/mol. The van der Waals surface area contributed by atoms with E-state index < -0.39 is 9.84 Å². The van der Waals surface area contributed by atoms with Crippen LogP contribution in [0.4, 0.5) is 0 Å². The maximum absolute atomic E-state index is 12.8. The van der Waals surface area contributed by atoms with Gasteiger partial charge in [0, 0.05) is 26.0 Å². The minimum Gasteiger partial charge on any atom is -0.330 e. The molecule has 0 spiro atoms. The van der Waals surface area contributed by atoms with Gasteiger partial charge in [0.05, 0.1) is 29.7 Å². The summed E-state index contributed by atoms with van der Waals surface area (Å²) in [6.45, 7) is 0.584. The lowest BCUT2D eigenvalue weighted by atomic mass is 9.98. The Balaban J connectivity index is 1.97. The van der Waals surface area contributed by atoms with Crippen LogP contribution in [-0.4, -0.2) is 52.0 Å². The van der Waals surface area contributed by atoms with Gasteiger partial charge in [-0.3, -0.25) is 14.6 Å². The Labute approximate surface area is 134 Å². The number of amides is 1. The highest BCUT2D eigenvalue weighted by molar-refractivity contribution is 7.90. The molecule has 0 aromatic carbocycles. The third-order valence-corrected chi connectivity index (χ3v) is 5.20. The van der Waals surface area contributed by atoms with Crippen LogP contribution in [0.5, 0.6) is 0 Å². The molecule has 1 unspecified atom stereocenters. The second-order valence-electron chi connectivity index (χ2n) is 5.83. The highest BCUT2D eigenvalue weighted by Crippen LogP contribution is 2.34. The first-order valence-electron chi connectivity index (χ1n) is 7.41. The van der Waals surface area contributed by atoms with Crippen LogP contribution in [0.3, 0.4) is 0 Å². The van der Waals surface area contributed by atoms with Gasteiger partial charge in [-0.15, -0.1) is 0 Å². The quantitative estimate of drug-likeness (QED) is 0.897. The zero-order chi connectivity index (χ0) is 16.6. The largest absolute Gasteiger partial charge is 0.330 e. The fourth-order valence-electron chi connectivity index (χ4n) is 2.99. The van der Waals surface area contributed by atoms with Crippen molar-refractivity contribution in [2.24, 2.45) is 7.05 Å². The van der Waals surface area contributed by atoms with Crippen LogP contribution >= 0.6 is 0 Å². The van der Waals surface area contributed by atoms with E-state index in [4.69, 9.17) is 0 Å². The zero-order valence-corrected chi connectivity index (χ0v) is 13.9. The van der Waals surface area contributed by atoms with Gasteiger partial charge < -0.3 is 4.90 Å². The molecule has 3 heterocycles. The van der Waals surface area contributed by atoms with Crippen molar-refractivity contribution >= 4 is 15.7 Å². The van der Waals surface area contributed by atoms with Crippen molar-refractivity contribution in [2.75, 3.05) is 12.8 Å². The molecule has 1 aliphatic heterocycles. The van der Waals surface area contributed by atoms with E-state index in [9.17, 15) is 13.2 Å². The van der Waals surface area contributed by atoms with Crippen molar-refractivity contribution < 1.29 is 13.2 Å². The summed E-state index contributed by atoms with van der Waals surface area (Å²) in [5.74, 6) is -0.142. The molecular weight excluding hydrogens is 318 g/mol. The SMILES string of the molecule is Cn1cc(C(=O)N2CCCCC2c2[nH]ncc2S(C)(=O)=O)cn1. The van der Waals surface area contributed by atoms with Crippen molar-refractivity contribution in [3.63, 3.8) is 0 Å². The molecule has 2 aromatic rings. The number of carbonyl (C=O) groups is 1. The molecule has 0 radical (unpaired) electrons. The standard InChI is InChI=1S/C14H19N5O3S/c1-18-9-10(7-16-18)14(20)19-6-4-3-5-11(19)13-12(8-15-17-13)23(2,21)22/h7-9,11H,3-6H2,1-2H3,(H,15,17). The molecule has 1 fully saturated rings. The topological polar surface area (TPSA) is 101 Å². The Kier molecular flexibility index (Phi) is 3.97. The highest BCUT2D eigenvalue weighted by Gasteiger charge is 2.33. The Bertz CT molecular complexity index is 823. The first-order chi connectivity index (χ1) is 10.9. The highest BCUT2D eigenvalue weighted by atomic mass is 32.2. The summed E-state index contributed by atoms with van der Waals surface area (Å²) in [6, 6.07) is -0.316. The van der Waals surface area contributed by atoms with E-state index in [1.54, 1.807) is 22.8 Å². The molecule has 3 rings (SSSR count). The number of rotatable bonds is 3. The lowest BCUT2D eigenvalue weighted by Gasteiger charge is -2.35. The van der Waals surface area contributed by atoms with Crippen molar-refractivity contribution in [3.8, 4) is 0 Å². The molecule has 124 valence electrons. The third kappa shape index (κ3) is 3.00. The fraction of sp³-hybridized carbons (Fsp3) is 0.500. The van der Waals surface area contributed by atoms with Crippen LogP contribution in [0.15, 0.2) is 23.5 Å². The van der Waals surface area contributed by atoms with Crippen LogP contribution < -0.4 is 0 Å². The van der Waals surface area contributed by atoms with Gasteiger partial charge in [0.2, 0.25) is 0 Å². The van der Waals surface area contributed by atoms with E-state index in [1.807, 2.05) is 0 Å². The van der Waals surface area contributed by atoms with Crippen LogP contribution in [0.1, 0.15) is 41.4 Å². The van der Waals surface area contributed by atoms with Crippen LogP contribution in [0.25, 0.3) is 0 Å². The zero-order valence-electron chi connectivity index (χ0n) is 13.1. The van der Waals surface area contributed by atoms with Gasteiger partial charge in [-0.05, 0) is 19.3 Å². The summed E-state index contributed by atoms with van der Waals surface area (Å²) in [7, 11) is -1.65. The monoisotopic (exact) mass is 337 g/mol. The molecule has 8 nitrogen and oxygen atoms in total. The summed E-state index contributed by atoms with van der Waals surface area (Å²) in [4.78, 5) is 14.6. The second kappa shape index (κ2) is 5.80. The van der Waals surface area contributed by atoms with Crippen LogP contribution in [0, 0.1) is 0 Å². The summed E-state index contributed by atoms with van der Waals surface area (Å²) < 4.78 is 25.4. The molecule has 23 heavy (non-hydrogen) atoms. The number of aromatic amines is 1. The van der Waals surface area contributed by atoms with E-state index in [1.165, 1.54) is 12.4 Å². The normalized spacial score (nSPS) is 19.0. The molecule has 1 aliphatic rings. The molecule has 9 heteroatoms. The van der Waals surface area contributed by atoms with Crippen molar-refractivity contribution in [1.82, 2.24) is 24.9 Å². The number of piperidine rings is 1. The van der Waals surface area contributed by atoms with E-state index in [0.717, 1.165) is 19.1 Å². The van der Waals surface area contributed by atoms with E-state index in [0.29, 0.717) is 24.2 Å². The smallest absolute Gasteiger partial charge is 0.257 e. The van der Waals surface area contributed by atoms with E-state index >= 15 is 0 Å². The molecule has 0 bridgehead atoms. The number of H-pyrrole nitrogens is 1. The lowest BCUT2D eigenvalue weighted by Crippen LogP contribution is -2.39. The number of sulfone groups is 1. The van der Waals surface area contributed by atoms with Gasteiger partial charge in [-0.25, -0.2) is 8.42 Å². The Hall–Kier alpha value is -2.16. The van der Waals surface area contributed by atoms with E-state index in [2.05, 4.69) is 15.3 Å². The number of aryl methyl sites for hydroxylation is 1. The maximum Gasteiger partial charge on any atom is 0.257 e. The van der Waals surface area contributed by atoms with Crippen molar-refractivity contribution in [3.05, 3.63) is 29.8 Å². The summed E-state index contributed by atoms with van der Waals surface area (Å²) in [5.41, 5.74) is 0.990. The van der Waals surface area contributed by atoms with Gasteiger partial charge in [0.1, 0.15) is 4.90 Å². The maximum atomic E-state index is 12.8. The molecule has 2 aromatic heterocycles. The summed E-state index contributed by atoms with van der Waals surface area (Å²) >= 11 is 0. The van der Waals surface area contributed by atoms with Gasteiger partial charge in [-0.1, -0.05) is 0 Å². The minimum absolute atomic E-state index is 0.142. The lowest BCUT2D eigenvalue weighted by molar-refractivity contribution is 0.0602. The first kappa shape index (κ1) is 15.7. The number of carbonyl (C=O) groups excluding carboxylic acids is 1. The predicted octanol–water partition coefficient (Wildman–Crippen LogP) is 0.914. The number of hydrogen-bond acceptors (Lipinski definition) is 5. The van der Waals surface area contributed by atoms with Crippen LogP contribution in [-0.2, 0) is 16.9 Å². The second-order valence-corrected chi connectivity index (χ2v) is 7.82. The number of nitrogens with one attached hydrogen (secondary N) is 1. The number of hydrogen-bond donors (Lipinski definition) is 1. The third-order valence-electron chi connectivity index (χ3n) is 4.08. The first-order valence-corrected chi connectivity index (χ1v) is 9.30. The predicted molar refractivity (Wildman–Crippen MR) is 82.5 cm³/mol. The Morgan fingerprint density at radius 3 is 2.78 bits per heavy atom. The molecule has 0 saturated carbocycles. The van der Waals surface area contributed by atoms with E-state index in [-0.39, 0.29) is 16.8 Å². The van der Waals surface area contributed by atoms with Gasteiger partial charge >= 0.3 is 0 Å². The molecule has 1 saturated heterocycles. The van der Waals surface area contributed by atoms with Crippen molar-refractivity contribution in [1.29, 1.82) is 0 Å².